The number of methoxy groups -OCH3 is 1. The van der Waals surface area contributed by atoms with E-state index in [4.69, 9.17) is 32.9 Å². The van der Waals surface area contributed by atoms with Crippen molar-refractivity contribution in [1.82, 2.24) is 9.97 Å². The minimum Gasteiger partial charge on any atom is -0.465 e. The smallest absolute Gasteiger partial charge is 0.338 e. The van der Waals surface area contributed by atoms with Crippen LogP contribution < -0.4 is 9.80 Å². The van der Waals surface area contributed by atoms with E-state index in [9.17, 15) is 4.79 Å². The van der Waals surface area contributed by atoms with Crippen LogP contribution in [0.15, 0.2) is 115 Å². The number of hydrogen-bond donors (Lipinski definition) is 0. The molecule has 0 saturated carbocycles. The predicted octanol–water partition coefficient (Wildman–Crippen LogP) is 7.35. The van der Waals surface area contributed by atoms with Gasteiger partial charge in [0, 0.05) is 6.54 Å². The van der Waals surface area contributed by atoms with Crippen LogP contribution in [0.1, 0.15) is 32.6 Å². The number of halogens is 2. The van der Waals surface area contributed by atoms with Crippen LogP contribution in [0.25, 0.3) is 0 Å². The zero-order chi connectivity index (χ0) is 28.4. The lowest BCUT2D eigenvalue weighted by Crippen LogP contribution is -2.50. The van der Waals surface area contributed by atoms with Gasteiger partial charge in [-0.2, -0.15) is 4.98 Å². The Labute approximate surface area is 248 Å². The lowest BCUT2D eigenvalue weighted by atomic mass is 9.75. The molecular weight excluding hydrogens is 555 g/mol. The highest BCUT2D eigenvalue weighted by atomic mass is 35.5. The van der Waals surface area contributed by atoms with Gasteiger partial charge in [-0.1, -0.05) is 121 Å². The number of anilines is 2. The van der Waals surface area contributed by atoms with E-state index < -0.39 is 11.5 Å². The largest absolute Gasteiger partial charge is 0.465 e. The summed E-state index contributed by atoms with van der Waals surface area (Å²) in [6.07, 6.45) is 0. The van der Waals surface area contributed by atoms with Gasteiger partial charge in [0.1, 0.15) is 11.2 Å². The summed E-state index contributed by atoms with van der Waals surface area (Å²) in [6, 6.07) is 38.4. The van der Waals surface area contributed by atoms with Gasteiger partial charge in [0.2, 0.25) is 5.28 Å². The summed E-state index contributed by atoms with van der Waals surface area (Å²) >= 11 is 13.3. The Hall–Kier alpha value is -4.39. The maximum Gasteiger partial charge on any atom is 0.338 e. The van der Waals surface area contributed by atoms with Gasteiger partial charge in [0.15, 0.2) is 11.0 Å². The Balaban J connectivity index is 1.61. The van der Waals surface area contributed by atoms with E-state index in [-0.39, 0.29) is 10.4 Å². The third kappa shape index (κ3) is 4.69. The molecular formula is C33H26Cl2N4O2. The second kappa shape index (κ2) is 11.2. The lowest BCUT2D eigenvalue weighted by molar-refractivity contribution is 0.0599. The van der Waals surface area contributed by atoms with Crippen molar-refractivity contribution in [3.8, 4) is 0 Å². The van der Waals surface area contributed by atoms with Crippen molar-refractivity contribution in [2.24, 2.45) is 0 Å². The first-order valence-electron chi connectivity index (χ1n) is 13.1. The first-order chi connectivity index (χ1) is 20.0. The Morgan fingerprint density at radius 2 is 1.29 bits per heavy atom. The topological polar surface area (TPSA) is 58.6 Å². The van der Waals surface area contributed by atoms with Crippen LogP contribution >= 0.6 is 23.2 Å². The SMILES string of the molecule is COC(=O)c1ccccc1CN1CN(C(c2ccccc2)(c2ccccc2)c2ccccc2)c2nc(Cl)nc(Cl)c21. The molecule has 0 fully saturated rings. The minimum absolute atomic E-state index is 0.0543. The first kappa shape index (κ1) is 26.8. The quantitative estimate of drug-likeness (QED) is 0.0868. The molecule has 204 valence electrons. The van der Waals surface area contributed by atoms with Crippen molar-refractivity contribution in [2.75, 3.05) is 23.6 Å². The summed E-state index contributed by atoms with van der Waals surface area (Å²) in [5.41, 5.74) is 4.26. The summed E-state index contributed by atoms with van der Waals surface area (Å²) in [7, 11) is 1.38. The van der Waals surface area contributed by atoms with E-state index in [2.05, 4.69) is 51.2 Å². The van der Waals surface area contributed by atoms with Crippen molar-refractivity contribution < 1.29 is 9.53 Å². The van der Waals surface area contributed by atoms with Crippen molar-refractivity contribution in [1.29, 1.82) is 0 Å². The molecule has 6 nitrogen and oxygen atoms in total. The molecule has 1 aliphatic heterocycles. The first-order valence-corrected chi connectivity index (χ1v) is 13.9. The zero-order valence-corrected chi connectivity index (χ0v) is 23.8. The Bertz CT molecular complexity index is 1590. The number of hydrogen-bond acceptors (Lipinski definition) is 6. The van der Waals surface area contributed by atoms with Crippen LogP contribution in [0.2, 0.25) is 10.4 Å². The number of carbonyl (C=O) groups excluding carboxylic acids is 1. The van der Waals surface area contributed by atoms with Gasteiger partial charge >= 0.3 is 5.97 Å². The van der Waals surface area contributed by atoms with Crippen molar-refractivity contribution in [2.45, 2.75) is 12.1 Å². The highest BCUT2D eigenvalue weighted by Crippen LogP contribution is 2.51. The van der Waals surface area contributed by atoms with Gasteiger partial charge in [-0.15, -0.1) is 0 Å². The molecule has 1 aromatic heterocycles. The summed E-state index contributed by atoms with van der Waals surface area (Å²) in [5.74, 6) is 0.199. The van der Waals surface area contributed by atoms with E-state index >= 15 is 0 Å². The maximum atomic E-state index is 12.6. The standard InChI is InChI=1S/C33H26Cl2N4O2/c1-41-31(40)27-20-12-11-13-23(27)21-38-22-39(30-28(38)29(34)36-32(35)37-30)33(24-14-5-2-6-15-24,25-16-7-3-8-17-25)26-18-9-4-10-19-26/h2-20H,21-22H2,1H3. The van der Waals surface area contributed by atoms with E-state index in [1.807, 2.05) is 72.8 Å². The molecule has 5 aromatic rings. The van der Waals surface area contributed by atoms with Gasteiger partial charge in [-0.25, -0.2) is 9.78 Å². The second-order valence-electron chi connectivity index (χ2n) is 9.68. The third-order valence-corrected chi connectivity index (χ3v) is 7.88. The molecule has 0 atom stereocenters. The zero-order valence-electron chi connectivity index (χ0n) is 22.2. The monoisotopic (exact) mass is 580 g/mol. The molecule has 0 radical (unpaired) electrons. The molecule has 6 rings (SSSR count). The molecule has 0 amide bonds. The van der Waals surface area contributed by atoms with E-state index in [0.717, 1.165) is 22.3 Å². The van der Waals surface area contributed by atoms with Gasteiger partial charge in [0.25, 0.3) is 0 Å². The molecule has 8 heteroatoms. The highest BCUT2D eigenvalue weighted by molar-refractivity contribution is 6.34. The van der Waals surface area contributed by atoms with Gasteiger partial charge < -0.3 is 14.5 Å². The lowest BCUT2D eigenvalue weighted by Gasteiger charge is -2.44. The predicted molar refractivity (Wildman–Crippen MR) is 163 cm³/mol. The maximum absolute atomic E-state index is 12.6. The number of carbonyl (C=O) groups is 1. The van der Waals surface area contributed by atoms with Gasteiger partial charge in [0.05, 0.1) is 19.3 Å². The minimum atomic E-state index is -0.809. The molecule has 41 heavy (non-hydrogen) atoms. The summed E-state index contributed by atoms with van der Waals surface area (Å²) < 4.78 is 5.06. The number of ether oxygens (including phenoxy) is 1. The van der Waals surface area contributed by atoms with Crippen LogP contribution in [-0.4, -0.2) is 29.7 Å². The number of fused-ring (bicyclic) bond motifs is 1. The summed E-state index contributed by atoms with van der Waals surface area (Å²) in [4.78, 5) is 26.0. The van der Waals surface area contributed by atoms with E-state index in [0.29, 0.717) is 30.3 Å². The molecule has 4 aromatic carbocycles. The number of rotatable bonds is 7. The Morgan fingerprint density at radius 3 is 1.83 bits per heavy atom. The van der Waals surface area contributed by atoms with Crippen LogP contribution in [0.3, 0.4) is 0 Å². The Morgan fingerprint density at radius 1 is 0.780 bits per heavy atom. The van der Waals surface area contributed by atoms with Crippen molar-refractivity contribution in [3.05, 3.63) is 154 Å². The number of aromatic nitrogens is 2. The van der Waals surface area contributed by atoms with Crippen molar-refractivity contribution >= 4 is 40.7 Å². The fraction of sp³-hybridized carbons (Fsp3) is 0.121. The molecule has 0 unspecified atom stereocenters. The number of benzene rings is 4. The van der Waals surface area contributed by atoms with Crippen LogP contribution in [0, 0.1) is 0 Å². The third-order valence-electron chi connectivity index (χ3n) is 7.44. The second-order valence-corrected chi connectivity index (χ2v) is 10.4. The molecule has 2 heterocycles. The van der Waals surface area contributed by atoms with E-state index in [1.165, 1.54) is 7.11 Å². The van der Waals surface area contributed by atoms with Crippen LogP contribution in [0.5, 0.6) is 0 Å². The normalized spacial score (nSPS) is 12.8. The van der Waals surface area contributed by atoms with Crippen LogP contribution in [0.4, 0.5) is 11.5 Å². The summed E-state index contributed by atoms with van der Waals surface area (Å²) in [5, 5.41) is 0.291. The number of nitrogens with zero attached hydrogens (tertiary/aromatic N) is 4. The van der Waals surface area contributed by atoms with Gasteiger partial charge in [-0.3, -0.25) is 0 Å². The van der Waals surface area contributed by atoms with Crippen LogP contribution in [-0.2, 0) is 16.8 Å². The van der Waals surface area contributed by atoms with E-state index in [1.54, 1.807) is 6.07 Å². The molecule has 1 aliphatic rings. The molecule has 0 spiro atoms. The fourth-order valence-corrected chi connectivity index (χ4v) is 6.22. The number of esters is 1. The Kier molecular flexibility index (Phi) is 7.35. The molecule has 0 aliphatic carbocycles. The van der Waals surface area contributed by atoms with Crippen molar-refractivity contribution in [3.63, 3.8) is 0 Å². The molecule has 0 saturated heterocycles. The molecule has 0 bridgehead atoms. The average molecular weight is 582 g/mol. The molecule has 0 N–H and O–H groups in total. The highest BCUT2D eigenvalue weighted by Gasteiger charge is 2.48. The fourth-order valence-electron chi connectivity index (χ4n) is 5.73. The van der Waals surface area contributed by atoms with Gasteiger partial charge in [-0.05, 0) is 39.9 Å². The summed E-state index contributed by atoms with van der Waals surface area (Å²) in [6.45, 7) is 0.756. The average Bonchev–Trinajstić information content (AvgIpc) is 3.37.